The maximum atomic E-state index is 14.3. The molecule has 4 aliphatic rings. The molecule has 5 heteroatoms. The quantitative estimate of drug-likeness (QED) is 0.444. The van der Waals surface area contributed by atoms with Gasteiger partial charge >= 0.3 is 0 Å². The van der Waals surface area contributed by atoms with Crippen LogP contribution in [0.15, 0.2) is 52.2 Å². The molecule has 0 spiro atoms. The molecule has 0 radical (unpaired) electrons. The number of aliphatic imine (C=N–C) groups is 1. The van der Waals surface area contributed by atoms with E-state index < -0.39 is 11.5 Å². The van der Waals surface area contributed by atoms with Crippen LogP contribution < -0.4 is 0 Å². The van der Waals surface area contributed by atoms with Crippen molar-refractivity contribution in [1.29, 1.82) is 0 Å². The Bertz CT molecular complexity index is 901. The van der Waals surface area contributed by atoms with E-state index in [-0.39, 0.29) is 23.5 Å². The molecule has 1 saturated carbocycles. The molecule has 182 valence electrons. The van der Waals surface area contributed by atoms with E-state index in [4.69, 9.17) is 9.73 Å². The van der Waals surface area contributed by atoms with Crippen molar-refractivity contribution >= 4 is 15.0 Å². The number of allylic oxidation sites excluding steroid dienone is 3. The van der Waals surface area contributed by atoms with Crippen LogP contribution in [0.3, 0.4) is 0 Å². The van der Waals surface area contributed by atoms with E-state index in [0.717, 1.165) is 47.4 Å². The summed E-state index contributed by atoms with van der Waals surface area (Å²) in [6, 6.07) is 0. The molecule has 1 heterocycles. The van der Waals surface area contributed by atoms with E-state index in [1.165, 1.54) is 25.7 Å². The highest BCUT2D eigenvalue weighted by Gasteiger charge is 2.39. The van der Waals surface area contributed by atoms with Crippen LogP contribution in [0.2, 0.25) is 0 Å². The Kier molecular flexibility index (Phi) is 7.21. The number of nitrogens with zero attached hydrogens (tertiary/aromatic N) is 1. The van der Waals surface area contributed by atoms with Crippen molar-refractivity contribution in [1.82, 2.24) is 0 Å². The van der Waals surface area contributed by atoms with Crippen molar-refractivity contribution in [3.8, 4) is 0 Å². The first-order chi connectivity index (χ1) is 15.4. The smallest absolute Gasteiger partial charge is 0.127 e. The van der Waals surface area contributed by atoms with Crippen molar-refractivity contribution in [2.45, 2.75) is 103 Å². The molecule has 0 amide bonds. The Hall–Kier alpha value is -1.09. The first kappa shape index (κ1) is 25.0. The molecule has 3 aliphatic carbocycles. The Morgan fingerprint density at radius 1 is 1.33 bits per heavy atom. The van der Waals surface area contributed by atoms with Gasteiger partial charge in [-0.15, -0.1) is 0 Å². The minimum Gasteiger partial charge on any atom is -0.389 e. The molecule has 2 fully saturated rings. The molecule has 3 nitrogen and oxygen atoms in total. The van der Waals surface area contributed by atoms with Gasteiger partial charge in [-0.1, -0.05) is 73.6 Å². The summed E-state index contributed by atoms with van der Waals surface area (Å²) >= 11 is 0. The number of alkyl halides is 1. The number of rotatable bonds is 5. The Morgan fingerprint density at radius 2 is 2.03 bits per heavy atom. The molecule has 4 unspecified atom stereocenters. The predicted molar refractivity (Wildman–Crippen MR) is 138 cm³/mol. The van der Waals surface area contributed by atoms with Crippen LogP contribution >= 0.6 is 9.24 Å². The highest BCUT2D eigenvalue weighted by molar-refractivity contribution is 7.18. The lowest BCUT2D eigenvalue weighted by atomic mass is 9.73. The lowest BCUT2D eigenvalue weighted by molar-refractivity contribution is 0.104. The van der Waals surface area contributed by atoms with Crippen molar-refractivity contribution < 1.29 is 14.2 Å². The molecular formula is C28H41FNO2P. The largest absolute Gasteiger partial charge is 0.389 e. The second-order valence-corrected chi connectivity index (χ2v) is 12.8. The lowest BCUT2D eigenvalue weighted by Crippen LogP contribution is -2.30. The average Bonchev–Trinajstić information content (AvgIpc) is 3.33. The Morgan fingerprint density at radius 3 is 2.64 bits per heavy atom. The fourth-order valence-corrected chi connectivity index (χ4v) is 6.20. The summed E-state index contributed by atoms with van der Waals surface area (Å²) in [6.45, 7) is 12.4. The van der Waals surface area contributed by atoms with Crippen LogP contribution in [0, 0.1) is 17.3 Å². The molecule has 33 heavy (non-hydrogen) atoms. The zero-order valence-corrected chi connectivity index (χ0v) is 21.9. The van der Waals surface area contributed by atoms with E-state index in [9.17, 15) is 9.50 Å². The van der Waals surface area contributed by atoms with E-state index in [1.807, 2.05) is 19.1 Å². The fourth-order valence-electron chi connectivity index (χ4n) is 5.95. The van der Waals surface area contributed by atoms with Crippen molar-refractivity contribution in [2.75, 3.05) is 0 Å². The minimum absolute atomic E-state index is 0.0161. The van der Waals surface area contributed by atoms with Crippen molar-refractivity contribution in [3.05, 3.63) is 47.2 Å². The van der Waals surface area contributed by atoms with E-state index in [2.05, 4.69) is 35.7 Å². The summed E-state index contributed by atoms with van der Waals surface area (Å²) in [6.07, 6.45) is 13.6. The van der Waals surface area contributed by atoms with Crippen LogP contribution in [0.1, 0.15) is 79.1 Å². The van der Waals surface area contributed by atoms with E-state index >= 15 is 0 Å². The van der Waals surface area contributed by atoms with Gasteiger partial charge in [0.2, 0.25) is 0 Å². The average molecular weight is 474 g/mol. The highest BCUT2D eigenvalue weighted by Crippen LogP contribution is 2.44. The van der Waals surface area contributed by atoms with E-state index in [1.54, 1.807) is 6.92 Å². The molecule has 1 saturated heterocycles. The van der Waals surface area contributed by atoms with Gasteiger partial charge in [0.25, 0.3) is 0 Å². The molecule has 0 aromatic heterocycles. The maximum Gasteiger partial charge on any atom is 0.127 e. The molecule has 6 atom stereocenters. The topological polar surface area (TPSA) is 41.8 Å². The molecular weight excluding hydrogens is 432 g/mol. The minimum atomic E-state index is -1.32. The van der Waals surface area contributed by atoms with E-state index in [0.29, 0.717) is 12.3 Å². The summed E-state index contributed by atoms with van der Waals surface area (Å²) < 4.78 is 20.6. The second kappa shape index (κ2) is 9.51. The van der Waals surface area contributed by atoms with Crippen LogP contribution in [-0.2, 0) is 4.74 Å². The zero-order valence-electron chi connectivity index (χ0n) is 20.7. The summed E-state index contributed by atoms with van der Waals surface area (Å²) in [5, 5.41) is 9.74. The van der Waals surface area contributed by atoms with Crippen molar-refractivity contribution in [3.63, 3.8) is 0 Å². The summed E-state index contributed by atoms with van der Waals surface area (Å²) in [5.74, 6) is 0.517. The van der Waals surface area contributed by atoms with Gasteiger partial charge in [0, 0.05) is 17.2 Å². The van der Waals surface area contributed by atoms with Crippen LogP contribution in [0.5, 0.6) is 0 Å². The summed E-state index contributed by atoms with van der Waals surface area (Å²) in [7, 11) is 2.30. The van der Waals surface area contributed by atoms with Gasteiger partial charge in [-0.3, -0.25) is 4.99 Å². The standard InChI is InChI=1S/C28H41FNO2P/c1-17-25(18(2)32-26(17)20-10-12-21(13-11-20)28(5,29)33)30-23-15-27(3,4)16-24(31)22(23)14-19-8-6-7-9-19/h10-12,18-19,21,24,26,31H,1,6-9,13-16,33H2,2-5H3/b30-25+/t18?,21?,24-,26?,28-/m0/s1. The first-order valence-electron chi connectivity index (χ1n) is 12.6. The molecule has 1 aliphatic heterocycles. The van der Waals surface area contributed by atoms with Gasteiger partial charge in [0.1, 0.15) is 11.5 Å². The third-order valence-electron chi connectivity index (χ3n) is 7.93. The summed E-state index contributed by atoms with van der Waals surface area (Å²) in [5.41, 5.74) is 5.01. The maximum absolute atomic E-state index is 14.3. The number of aliphatic hydroxyl groups is 1. The van der Waals surface area contributed by atoms with Gasteiger partial charge in [-0.25, -0.2) is 4.39 Å². The molecule has 0 aromatic carbocycles. The molecule has 0 bridgehead atoms. The second-order valence-electron chi connectivity index (χ2n) is 11.6. The Labute approximate surface area is 201 Å². The zero-order chi connectivity index (χ0) is 24.0. The molecule has 0 aromatic rings. The number of aliphatic hydroxyl groups excluding tert-OH is 1. The SMILES string of the molecule is C=C1/C(=N\C2=C(CC3CCCC3)[C@@H](O)CC(C)(C)C2)C(C)OC1C1=CCC([C@@](C)(F)P)C=C1. The van der Waals surface area contributed by atoms with Gasteiger partial charge in [0.15, 0.2) is 0 Å². The lowest BCUT2D eigenvalue weighted by Gasteiger charge is -2.36. The van der Waals surface area contributed by atoms with Gasteiger partial charge < -0.3 is 9.84 Å². The number of hydrogen-bond donors (Lipinski definition) is 1. The third-order valence-corrected chi connectivity index (χ3v) is 8.36. The molecule has 1 N–H and O–H groups in total. The van der Waals surface area contributed by atoms with Gasteiger partial charge in [-0.05, 0) is 62.0 Å². The number of ether oxygens (including phenoxy) is 1. The summed E-state index contributed by atoms with van der Waals surface area (Å²) in [4.78, 5) is 5.16. The van der Waals surface area contributed by atoms with Crippen LogP contribution in [0.25, 0.3) is 0 Å². The fraction of sp³-hybridized carbons (Fsp3) is 0.679. The predicted octanol–water partition coefficient (Wildman–Crippen LogP) is 6.85. The van der Waals surface area contributed by atoms with Crippen LogP contribution in [0.4, 0.5) is 4.39 Å². The monoisotopic (exact) mass is 473 g/mol. The number of hydrogen-bond acceptors (Lipinski definition) is 3. The first-order valence-corrected chi connectivity index (χ1v) is 13.2. The molecule has 4 rings (SSSR count). The van der Waals surface area contributed by atoms with Gasteiger partial charge in [-0.2, -0.15) is 0 Å². The highest BCUT2D eigenvalue weighted by atomic mass is 31.0. The van der Waals surface area contributed by atoms with Gasteiger partial charge in [0.05, 0.1) is 17.9 Å². The number of halogens is 1. The van der Waals surface area contributed by atoms with Crippen molar-refractivity contribution in [2.24, 2.45) is 22.2 Å². The Balaban J connectivity index is 1.59. The normalized spacial score (nSPS) is 35.9. The van der Waals surface area contributed by atoms with Crippen LogP contribution in [-0.4, -0.2) is 34.5 Å². The third kappa shape index (κ3) is 5.60.